The highest BCUT2D eigenvalue weighted by atomic mass is 16.2. The minimum atomic E-state index is -0.990. The summed E-state index contributed by atoms with van der Waals surface area (Å²) < 4.78 is 0. The van der Waals surface area contributed by atoms with Gasteiger partial charge in [-0.15, -0.1) is 0 Å². The second kappa shape index (κ2) is 4.35. The van der Waals surface area contributed by atoms with Crippen LogP contribution in [-0.4, -0.2) is 16.1 Å². The van der Waals surface area contributed by atoms with Crippen molar-refractivity contribution < 1.29 is 4.79 Å². The molecule has 0 aliphatic heterocycles. The fourth-order valence-corrected chi connectivity index (χ4v) is 1.28. The van der Waals surface area contributed by atoms with Crippen molar-refractivity contribution in [3.8, 4) is 6.07 Å². The molecule has 1 unspecified atom stereocenters. The molecule has 1 aromatic heterocycles. The second-order valence-corrected chi connectivity index (χ2v) is 4.06. The van der Waals surface area contributed by atoms with Crippen molar-refractivity contribution in [1.29, 1.82) is 5.26 Å². The van der Waals surface area contributed by atoms with Gasteiger partial charge in [0.2, 0.25) is 5.91 Å². The molecule has 2 N–H and O–H groups in total. The molecule has 1 amide bonds. The van der Waals surface area contributed by atoms with Gasteiger partial charge in [-0.25, -0.2) is 0 Å². The SMILES string of the molecule is CCC(C)(C#N)C(=O)Nc1c(C)n[nH]c1C. The molecule has 0 spiro atoms. The number of hydrogen-bond donors (Lipinski definition) is 2. The van der Waals surface area contributed by atoms with E-state index < -0.39 is 5.41 Å². The van der Waals surface area contributed by atoms with E-state index >= 15 is 0 Å². The van der Waals surface area contributed by atoms with E-state index in [0.29, 0.717) is 12.1 Å². The van der Waals surface area contributed by atoms with Crippen LogP contribution in [0.2, 0.25) is 0 Å². The molecule has 0 aliphatic carbocycles. The molecule has 1 rings (SSSR count). The molecule has 0 saturated carbocycles. The average Bonchev–Trinajstić information content (AvgIpc) is 2.59. The van der Waals surface area contributed by atoms with Gasteiger partial charge in [0.15, 0.2) is 0 Å². The summed E-state index contributed by atoms with van der Waals surface area (Å²) in [5, 5.41) is 18.5. The number of carbonyl (C=O) groups excluding carboxylic acids is 1. The number of amides is 1. The Bertz CT molecular complexity index is 424. The highest BCUT2D eigenvalue weighted by molar-refractivity contribution is 5.97. The van der Waals surface area contributed by atoms with E-state index in [2.05, 4.69) is 15.5 Å². The maximum atomic E-state index is 11.9. The molecule has 16 heavy (non-hydrogen) atoms. The van der Waals surface area contributed by atoms with Gasteiger partial charge in [-0.1, -0.05) is 6.92 Å². The molecule has 1 heterocycles. The highest BCUT2D eigenvalue weighted by Gasteiger charge is 2.32. The summed E-state index contributed by atoms with van der Waals surface area (Å²) in [4.78, 5) is 11.9. The molecule has 0 fully saturated rings. The number of carbonyl (C=O) groups is 1. The quantitative estimate of drug-likeness (QED) is 0.816. The van der Waals surface area contributed by atoms with Crippen LogP contribution in [0.5, 0.6) is 0 Å². The van der Waals surface area contributed by atoms with Gasteiger partial charge in [0.1, 0.15) is 5.41 Å². The largest absolute Gasteiger partial charge is 0.322 e. The van der Waals surface area contributed by atoms with Crippen molar-refractivity contribution in [2.24, 2.45) is 5.41 Å². The Morgan fingerprint density at radius 2 is 2.25 bits per heavy atom. The number of hydrogen-bond acceptors (Lipinski definition) is 3. The molecule has 0 radical (unpaired) electrons. The monoisotopic (exact) mass is 220 g/mol. The third-order valence-electron chi connectivity index (χ3n) is 2.82. The van der Waals surface area contributed by atoms with Crippen molar-refractivity contribution in [2.45, 2.75) is 34.1 Å². The van der Waals surface area contributed by atoms with Crippen LogP contribution in [0.3, 0.4) is 0 Å². The van der Waals surface area contributed by atoms with Gasteiger partial charge in [-0.3, -0.25) is 9.89 Å². The van der Waals surface area contributed by atoms with Crippen molar-refractivity contribution in [3.63, 3.8) is 0 Å². The molecule has 0 bridgehead atoms. The predicted molar refractivity (Wildman–Crippen MR) is 60.7 cm³/mol. The van der Waals surface area contributed by atoms with Crippen molar-refractivity contribution in [1.82, 2.24) is 10.2 Å². The van der Waals surface area contributed by atoms with Gasteiger partial charge < -0.3 is 5.32 Å². The third kappa shape index (κ3) is 2.06. The minimum Gasteiger partial charge on any atom is -0.322 e. The van der Waals surface area contributed by atoms with E-state index in [1.54, 1.807) is 13.8 Å². The number of nitrogens with zero attached hydrogens (tertiary/aromatic N) is 2. The first-order valence-corrected chi connectivity index (χ1v) is 5.19. The van der Waals surface area contributed by atoms with E-state index in [9.17, 15) is 4.79 Å². The van der Waals surface area contributed by atoms with E-state index in [1.165, 1.54) is 0 Å². The van der Waals surface area contributed by atoms with Crippen molar-refractivity contribution >= 4 is 11.6 Å². The van der Waals surface area contributed by atoms with E-state index in [1.807, 2.05) is 19.9 Å². The number of anilines is 1. The standard InChI is InChI=1S/C11H16N4O/c1-5-11(4,6-12)10(16)13-9-7(2)14-15-8(9)3/h5H2,1-4H3,(H,13,16)(H,14,15). The fourth-order valence-electron chi connectivity index (χ4n) is 1.28. The lowest BCUT2D eigenvalue weighted by Crippen LogP contribution is -2.31. The summed E-state index contributed by atoms with van der Waals surface area (Å²) >= 11 is 0. The van der Waals surface area contributed by atoms with Gasteiger partial charge in [0.05, 0.1) is 23.1 Å². The number of aromatic nitrogens is 2. The Morgan fingerprint density at radius 3 is 2.62 bits per heavy atom. The average molecular weight is 220 g/mol. The van der Waals surface area contributed by atoms with E-state index in [-0.39, 0.29) is 5.91 Å². The maximum absolute atomic E-state index is 11.9. The molecule has 5 heteroatoms. The lowest BCUT2D eigenvalue weighted by molar-refractivity contribution is -0.122. The van der Waals surface area contributed by atoms with Crippen LogP contribution >= 0.6 is 0 Å². The van der Waals surface area contributed by atoms with Crippen molar-refractivity contribution in [2.75, 3.05) is 5.32 Å². The molecule has 1 atom stereocenters. The summed E-state index contributed by atoms with van der Waals surface area (Å²) in [6.07, 6.45) is 0.477. The fraction of sp³-hybridized carbons (Fsp3) is 0.545. The number of rotatable bonds is 3. The number of nitriles is 1. The molecular weight excluding hydrogens is 204 g/mol. The van der Waals surface area contributed by atoms with Gasteiger partial charge in [0, 0.05) is 0 Å². The Balaban J connectivity index is 2.92. The number of H-pyrrole nitrogens is 1. The molecule has 1 aromatic rings. The topological polar surface area (TPSA) is 81.6 Å². The van der Waals surface area contributed by atoms with Crippen LogP contribution in [0.25, 0.3) is 0 Å². The van der Waals surface area contributed by atoms with E-state index in [0.717, 1.165) is 11.4 Å². The summed E-state index contributed by atoms with van der Waals surface area (Å²) in [6, 6.07) is 2.04. The first kappa shape index (κ1) is 12.2. The number of nitrogens with one attached hydrogen (secondary N) is 2. The van der Waals surface area contributed by atoms with Crippen LogP contribution in [0.4, 0.5) is 5.69 Å². The normalized spacial score (nSPS) is 13.9. The van der Waals surface area contributed by atoms with Crippen LogP contribution in [0.15, 0.2) is 0 Å². The minimum absolute atomic E-state index is 0.287. The highest BCUT2D eigenvalue weighted by Crippen LogP contribution is 2.24. The summed E-state index contributed by atoms with van der Waals surface area (Å²) in [5.74, 6) is -0.287. The number of aromatic amines is 1. The smallest absolute Gasteiger partial charge is 0.244 e. The summed E-state index contributed by atoms with van der Waals surface area (Å²) in [6.45, 7) is 7.07. The van der Waals surface area contributed by atoms with Gasteiger partial charge in [-0.2, -0.15) is 10.4 Å². The molecule has 0 saturated heterocycles. The predicted octanol–water partition coefficient (Wildman–Crippen LogP) is 1.90. The third-order valence-corrected chi connectivity index (χ3v) is 2.82. The Morgan fingerprint density at radius 1 is 1.62 bits per heavy atom. The molecule has 86 valence electrons. The Labute approximate surface area is 94.9 Å². The lowest BCUT2D eigenvalue weighted by Gasteiger charge is -2.18. The zero-order chi connectivity index (χ0) is 12.3. The number of aryl methyl sites for hydroxylation is 2. The van der Waals surface area contributed by atoms with Gasteiger partial charge in [-0.05, 0) is 27.2 Å². The maximum Gasteiger partial charge on any atom is 0.244 e. The Kier molecular flexibility index (Phi) is 3.33. The van der Waals surface area contributed by atoms with Crippen LogP contribution < -0.4 is 5.32 Å². The lowest BCUT2D eigenvalue weighted by atomic mass is 9.88. The van der Waals surface area contributed by atoms with E-state index in [4.69, 9.17) is 5.26 Å². The zero-order valence-electron chi connectivity index (χ0n) is 10.0. The first-order valence-electron chi connectivity index (χ1n) is 5.19. The van der Waals surface area contributed by atoms with Crippen LogP contribution in [-0.2, 0) is 4.79 Å². The first-order chi connectivity index (χ1) is 7.44. The van der Waals surface area contributed by atoms with Crippen LogP contribution in [0.1, 0.15) is 31.7 Å². The van der Waals surface area contributed by atoms with Crippen molar-refractivity contribution in [3.05, 3.63) is 11.4 Å². The molecular formula is C11H16N4O. The van der Waals surface area contributed by atoms with Gasteiger partial charge >= 0.3 is 0 Å². The van der Waals surface area contributed by atoms with Crippen LogP contribution in [0, 0.1) is 30.6 Å². The van der Waals surface area contributed by atoms with Gasteiger partial charge in [0.25, 0.3) is 0 Å². The molecule has 5 nitrogen and oxygen atoms in total. The summed E-state index contributed by atoms with van der Waals surface area (Å²) in [7, 11) is 0. The molecule has 0 aromatic carbocycles. The molecule has 0 aliphatic rings. The second-order valence-electron chi connectivity index (χ2n) is 4.06. The summed E-state index contributed by atoms with van der Waals surface area (Å²) in [5.41, 5.74) is 1.19. The Hall–Kier alpha value is -1.83. The zero-order valence-corrected chi connectivity index (χ0v) is 10.0.